The predicted molar refractivity (Wildman–Crippen MR) is 163 cm³/mol. The van der Waals surface area contributed by atoms with Gasteiger partial charge in [-0.25, -0.2) is 4.79 Å². The number of hydrogen-bond donors (Lipinski definition) is 0. The monoisotopic (exact) mass is 630 g/mol. The molecular formula is C31H43BrN2O5Si. The van der Waals surface area contributed by atoms with Crippen molar-refractivity contribution in [2.24, 2.45) is 0 Å². The van der Waals surface area contributed by atoms with E-state index >= 15 is 0 Å². The van der Waals surface area contributed by atoms with E-state index in [1.807, 2.05) is 54.8 Å². The van der Waals surface area contributed by atoms with Crippen molar-refractivity contribution in [3.05, 3.63) is 63.6 Å². The number of carbonyl (C=O) groups excluding carboxylic acids is 2. The van der Waals surface area contributed by atoms with Crippen LogP contribution in [0.2, 0.25) is 18.1 Å². The molecule has 9 heteroatoms. The second kappa shape index (κ2) is 11.5. The number of fused-ring (bicyclic) bond motifs is 2. The maximum Gasteiger partial charge on any atom is 0.410 e. The van der Waals surface area contributed by atoms with Crippen molar-refractivity contribution < 1.29 is 23.5 Å². The maximum absolute atomic E-state index is 13.8. The molecule has 0 unspecified atom stereocenters. The molecule has 0 spiro atoms. The van der Waals surface area contributed by atoms with Gasteiger partial charge in [0, 0.05) is 17.6 Å². The summed E-state index contributed by atoms with van der Waals surface area (Å²) in [4.78, 5) is 31.1. The number of hydrogen-bond acceptors (Lipinski definition) is 5. The molecule has 2 aromatic carbocycles. The first-order chi connectivity index (χ1) is 18.6. The van der Waals surface area contributed by atoms with Crippen LogP contribution < -0.4 is 4.74 Å². The Kier molecular flexibility index (Phi) is 8.79. The summed E-state index contributed by atoms with van der Waals surface area (Å²) in [5, 5.41) is -0.0562. The number of rotatable bonds is 5. The fourth-order valence-electron chi connectivity index (χ4n) is 4.91. The highest BCUT2D eigenvalue weighted by Gasteiger charge is 2.45. The van der Waals surface area contributed by atoms with Gasteiger partial charge < -0.3 is 18.8 Å². The molecule has 0 aliphatic carbocycles. The summed E-state index contributed by atoms with van der Waals surface area (Å²) in [5.74, 6) is 0.481. The van der Waals surface area contributed by atoms with Gasteiger partial charge in [0.05, 0.1) is 24.3 Å². The number of amides is 2. The average molecular weight is 632 g/mol. The van der Waals surface area contributed by atoms with Gasteiger partial charge in [0.2, 0.25) is 0 Å². The molecule has 0 saturated heterocycles. The third-order valence-electron chi connectivity index (χ3n) is 8.08. The van der Waals surface area contributed by atoms with Crippen LogP contribution in [0, 0.1) is 0 Å². The summed E-state index contributed by atoms with van der Waals surface area (Å²) in [6.45, 7) is 18.3. The number of benzene rings is 2. The maximum atomic E-state index is 13.8. The number of halogens is 1. The Hall–Kier alpha value is -2.36. The van der Waals surface area contributed by atoms with E-state index in [9.17, 15) is 9.59 Å². The van der Waals surface area contributed by atoms with Gasteiger partial charge in [0.1, 0.15) is 18.0 Å². The van der Waals surface area contributed by atoms with Crippen molar-refractivity contribution in [3.63, 3.8) is 0 Å². The van der Waals surface area contributed by atoms with Gasteiger partial charge in [-0.15, -0.1) is 0 Å². The second-order valence-electron chi connectivity index (χ2n) is 13.3. The fourth-order valence-corrected chi connectivity index (χ4v) is 6.60. The largest absolute Gasteiger partial charge is 0.491 e. The normalized spacial score (nSPS) is 18.8. The molecule has 0 aromatic heterocycles. The van der Waals surface area contributed by atoms with E-state index in [-0.39, 0.29) is 23.1 Å². The third-order valence-corrected chi connectivity index (χ3v) is 13.1. The fraction of sp³-hybridized carbons (Fsp3) is 0.548. The summed E-state index contributed by atoms with van der Waals surface area (Å²) < 4.78 is 19.8. The van der Waals surface area contributed by atoms with E-state index < -0.39 is 20.0 Å². The first kappa shape index (κ1) is 30.6. The van der Waals surface area contributed by atoms with Crippen LogP contribution in [0.5, 0.6) is 5.75 Å². The van der Waals surface area contributed by atoms with Crippen molar-refractivity contribution in [2.45, 2.75) is 90.4 Å². The van der Waals surface area contributed by atoms with Crippen LogP contribution >= 0.6 is 15.9 Å². The van der Waals surface area contributed by atoms with E-state index in [0.29, 0.717) is 44.0 Å². The Morgan fingerprint density at radius 3 is 2.42 bits per heavy atom. The molecule has 7 nitrogen and oxygen atoms in total. The lowest BCUT2D eigenvalue weighted by atomic mass is 9.91. The van der Waals surface area contributed by atoms with Gasteiger partial charge >= 0.3 is 6.09 Å². The molecular weight excluding hydrogens is 588 g/mol. The van der Waals surface area contributed by atoms with E-state index in [1.165, 1.54) is 5.56 Å². The molecule has 40 heavy (non-hydrogen) atoms. The lowest BCUT2D eigenvalue weighted by molar-refractivity contribution is -0.0150. The zero-order valence-corrected chi connectivity index (χ0v) is 27.6. The highest BCUT2D eigenvalue weighted by atomic mass is 79.9. The molecule has 2 aromatic rings. The average Bonchev–Trinajstić information content (AvgIpc) is 2.99. The van der Waals surface area contributed by atoms with Crippen molar-refractivity contribution in [2.75, 3.05) is 19.7 Å². The minimum absolute atomic E-state index is 0.0562. The Labute approximate surface area is 248 Å². The van der Waals surface area contributed by atoms with Crippen molar-refractivity contribution in [1.29, 1.82) is 0 Å². The Morgan fingerprint density at radius 2 is 1.77 bits per heavy atom. The summed E-state index contributed by atoms with van der Waals surface area (Å²) in [5.41, 5.74) is 2.20. The van der Waals surface area contributed by atoms with Crippen LogP contribution in [0.3, 0.4) is 0 Å². The van der Waals surface area contributed by atoms with E-state index in [0.717, 1.165) is 10.0 Å². The van der Waals surface area contributed by atoms with Crippen LogP contribution in [-0.2, 0) is 22.1 Å². The van der Waals surface area contributed by atoms with Crippen molar-refractivity contribution in [3.8, 4) is 5.75 Å². The summed E-state index contributed by atoms with van der Waals surface area (Å²) in [6, 6.07) is 13.4. The molecule has 0 N–H and O–H groups in total. The van der Waals surface area contributed by atoms with Crippen molar-refractivity contribution in [1.82, 2.24) is 9.80 Å². The summed E-state index contributed by atoms with van der Waals surface area (Å²) in [7, 11) is -2.31. The Balaban J connectivity index is 1.74. The molecule has 0 saturated carbocycles. The van der Waals surface area contributed by atoms with Gasteiger partial charge in [-0.2, -0.15) is 0 Å². The predicted octanol–water partition coefficient (Wildman–Crippen LogP) is 7.04. The van der Waals surface area contributed by atoms with Crippen LogP contribution in [0.1, 0.15) is 63.0 Å². The molecule has 2 amide bonds. The smallest absolute Gasteiger partial charge is 0.410 e. The quantitative estimate of drug-likeness (QED) is 0.332. The van der Waals surface area contributed by atoms with Crippen LogP contribution in [0.15, 0.2) is 46.9 Å². The Bertz CT molecular complexity index is 1250. The number of carbonyl (C=O) groups is 2. The highest BCUT2D eigenvalue weighted by molar-refractivity contribution is 9.10. The third kappa shape index (κ3) is 6.91. The van der Waals surface area contributed by atoms with Gasteiger partial charge in [-0.05, 0) is 74.7 Å². The topological polar surface area (TPSA) is 68.3 Å². The van der Waals surface area contributed by atoms with E-state index in [4.69, 9.17) is 13.9 Å². The molecule has 4 rings (SSSR count). The number of ether oxygens (including phenoxy) is 2. The van der Waals surface area contributed by atoms with Gasteiger partial charge in [0.25, 0.3) is 5.91 Å². The SMILES string of the molecule is CC(C)(C)OC(=O)N1Cc2ccccc2C[C@H]1[C@@H](CN1CCOc2cc(Br)ccc2C1=O)O[Si](C)(C)C(C)(C)C. The summed E-state index contributed by atoms with van der Waals surface area (Å²) in [6.07, 6.45) is -0.157. The zero-order chi connectivity index (χ0) is 29.5. The molecule has 0 bridgehead atoms. The minimum Gasteiger partial charge on any atom is -0.491 e. The minimum atomic E-state index is -2.31. The lowest BCUT2D eigenvalue weighted by Gasteiger charge is -2.47. The molecule has 2 atom stereocenters. The molecule has 0 fully saturated rings. The number of nitrogens with zero attached hydrogens (tertiary/aromatic N) is 2. The van der Waals surface area contributed by atoms with Gasteiger partial charge in [0.15, 0.2) is 8.32 Å². The first-order valence-corrected chi connectivity index (χ1v) is 17.7. The Morgan fingerprint density at radius 1 is 1.10 bits per heavy atom. The molecule has 218 valence electrons. The van der Waals surface area contributed by atoms with Crippen LogP contribution in [-0.4, -0.2) is 67.6 Å². The first-order valence-electron chi connectivity index (χ1n) is 14.0. The van der Waals surface area contributed by atoms with Gasteiger partial charge in [-0.3, -0.25) is 9.69 Å². The zero-order valence-electron chi connectivity index (χ0n) is 25.0. The van der Waals surface area contributed by atoms with Crippen molar-refractivity contribution >= 4 is 36.2 Å². The van der Waals surface area contributed by atoms with E-state index in [2.05, 4.69) is 61.9 Å². The molecule has 2 aliphatic rings. The second-order valence-corrected chi connectivity index (χ2v) is 19.0. The summed E-state index contributed by atoms with van der Waals surface area (Å²) >= 11 is 3.48. The lowest BCUT2D eigenvalue weighted by Crippen LogP contribution is -2.59. The molecule has 2 heterocycles. The van der Waals surface area contributed by atoms with E-state index in [1.54, 1.807) is 6.07 Å². The molecule has 0 radical (unpaired) electrons. The van der Waals surface area contributed by atoms with Crippen LogP contribution in [0.25, 0.3) is 0 Å². The highest BCUT2D eigenvalue weighted by Crippen LogP contribution is 2.39. The van der Waals surface area contributed by atoms with Gasteiger partial charge in [-0.1, -0.05) is 61.0 Å². The molecule has 2 aliphatic heterocycles. The van der Waals surface area contributed by atoms with Crippen LogP contribution in [0.4, 0.5) is 4.79 Å². The standard InChI is InChI=1S/C31H43BrN2O5Si/c1-30(2,3)38-29(36)34-19-22-12-10-9-11-21(22)17-25(34)27(39-40(7,8)31(4,5)6)20-33-15-16-37-26-18-23(32)13-14-24(26)28(33)35/h9-14,18,25,27H,15-17,19-20H2,1-8H3/t25-,27+/m0/s1.